The Hall–Kier alpha value is -3.72. The van der Waals surface area contributed by atoms with Crippen molar-refractivity contribution in [3.8, 4) is 17.0 Å². The molecule has 0 unspecified atom stereocenters. The molecule has 9 heteroatoms. The molecule has 2 aromatic carbocycles. The van der Waals surface area contributed by atoms with Crippen molar-refractivity contribution < 1.29 is 33.1 Å². The van der Waals surface area contributed by atoms with Gasteiger partial charge in [-0.3, -0.25) is 0 Å². The van der Waals surface area contributed by atoms with Crippen LogP contribution in [0.1, 0.15) is 48.9 Å². The highest BCUT2D eigenvalue weighted by atomic mass is 19.1. The summed E-state index contributed by atoms with van der Waals surface area (Å²) >= 11 is 0. The van der Waals surface area contributed by atoms with Gasteiger partial charge in [0, 0.05) is 11.6 Å². The van der Waals surface area contributed by atoms with Crippen LogP contribution in [0.5, 0.6) is 5.75 Å². The zero-order chi connectivity index (χ0) is 24.5. The maximum Gasteiger partial charge on any atom is 0.335 e. The number of hydrogen-bond donors (Lipinski definition) is 1. The van der Waals surface area contributed by atoms with E-state index in [-0.39, 0.29) is 30.7 Å². The molecule has 1 aromatic heterocycles. The summed E-state index contributed by atoms with van der Waals surface area (Å²) in [6, 6.07) is 12.2. The highest BCUT2D eigenvalue weighted by Crippen LogP contribution is 2.22. The van der Waals surface area contributed by atoms with Crippen molar-refractivity contribution in [2.45, 2.75) is 39.9 Å². The Labute approximate surface area is 196 Å². The smallest absolute Gasteiger partial charge is 0.335 e. The third-order valence-electron chi connectivity index (χ3n) is 4.58. The summed E-state index contributed by atoms with van der Waals surface area (Å²) in [6.45, 7) is 6.33. The molecule has 0 spiro atoms. The first-order valence-corrected chi connectivity index (χ1v) is 10.9. The number of ether oxygens (including phenoxy) is 2. The van der Waals surface area contributed by atoms with Gasteiger partial charge in [0.1, 0.15) is 30.5 Å². The van der Waals surface area contributed by atoms with Crippen LogP contribution in [0.25, 0.3) is 11.3 Å². The number of aromatic carboxylic acids is 1. The minimum absolute atomic E-state index is 0.00550. The first kappa shape index (κ1) is 24.9. The molecule has 34 heavy (non-hydrogen) atoms. The standard InChI is InChI=1S/C25H27FN2O6/c1-4-9-33-27-23(24-13-22(28-34-24)18-5-7-20(26)8-6-18)15-32-21-11-17(14-31-16(2)3)10-19(12-21)25(29)30/h5-8,10-13,16H,4,9,14-15H2,1-3H3,(H,29,30). The lowest BCUT2D eigenvalue weighted by Gasteiger charge is -2.12. The lowest BCUT2D eigenvalue weighted by Crippen LogP contribution is -2.14. The number of nitrogens with zero attached hydrogens (tertiary/aromatic N) is 2. The van der Waals surface area contributed by atoms with Crippen LogP contribution in [0.3, 0.4) is 0 Å². The van der Waals surface area contributed by atoms with Gasteiger partial charge in [0.25, 0.3) is 0 Å². The lowest BCUT2D eigenvalue weighted by molar-refractivity contribution is 0.0651. The number of hydrogen-bond acceptors (Lipinski definition) is 7. The van der Waals surface area contributed by atoms with Crippen molar-refractivity contribution in [3.05, 3.63) is 71.2 Å². The molecule has 180 valence electrons. The summed E-state index contributed by atoms with van der Waals surface area (Å²) in [5, 5.41) is 17.6. The van der Waals surface area contributed by atoms with E-state index in [2.05, 4.69) is 10.3 Å². The zero-order valence-electron chi connectivity index (χ0n) is 19.3. The molecule has 3 aromatic rings. The zero-order valence-corrected chi connectivity index (χ0v) is 19.3. The Balaban J connectivity index is 1.81. The van der Waals surface area contributed by atoms with Gasteiger partial charge in [0.2, 0.25) is 0 Å². The minimum Gasteiger partial charge on any atom is -0.487 e. The third kappa shape index (κ3) is 7.14. The van der Waals surface area contributed by atoms with E-state index in [0.717, 1.165) is 6.42 Å². The monoisotopic (exact) mass is 470 g/mol. The number of carbonyl (C=O) groups is 1. The van der Waals surface area contributed by atoms with Gasteiger partial charge in [0.05, 0.1) is 18.3 Å². The predicted molar refractivity (Wildman–Crippen MR) is 123 cm³/mol. The van der Waals surface area contributed by atoms with E-state index < -0.39 is 5.97 Å². The highest BCUT2D eigenvalue weighted by molar-refractivity contribution is 5.99. The molecule has 0 aliphatic rings. The number of carboxylic acid groups (broad SMARTS) is 1. The Kier molecular flexibility index (Phi) is 8.75. The van der Waals surface area contributed by atoms with Gasteiger partial charge >= 0.3 is 5.97 Å². The molecule has 0 saturated heterocycles. The van der Waals surface area contributed by atoms with Crippen molar-refractivity contribution >= 4 is 11.7 Å². The summed E-state index contributed by atoms with van der Waals surface area (Å²) < 4.78 is 30.1. The topological polar surface area (TPSA) is 103 Å². The number of carboxylic acids is 1. The predicted octanol–water partition coefficient (Wildman–Crippen LogP) is 5.31. The van der Waals surface area contributed by atoms with Crippen molar-refractivity contribution in [3.63, 3.8) is 0 Å². The molecule has 1 N–H and O–H groups in total. The fraction of sp³-hybridized carbons (Fsp3) is 0.320. The Morgan fingerprint density at radius 2 is 1.94 bits per heavy atom. The van der Waals surface area contributed by atoms with E-state index in [1.807, 2.05) is 20.8 Å². The molecular formula is C25H27FN2O6. The maximum atomic E-state index is 13.2. The Morgan fingerprint density at radius 3 is 2.62 bits per heavy atom. The first-order chi connectivity index (χ1) is 16.4. The number of benzene rings is 2. The fourth-order valence-electron chi connectivity index (χ4n) is 2.89. The maximum absolute atomic E-state index is 13.2. The molecule has 0 fully saturated rings. The van der Waals surface area contributed by atoms with Crippen LogP contribution >= 0.6 is 0 Å². The van der Waals surface area contributed by atoms with E-state index in [0.29, 0.717) is 40.6 Å². The van der Waals surface area contributed by atoms with Gasteiger partial charge in [-0.05, 0) is 68.3 Å². The second-order valence-electron chi connectivity index (χ2n) is 7.77. The number of rotatable bonds is 12. The average Bonchev–Trinajstić information content (AvgIpc) is 3.30. The van der Waals surface area contributed by atoms with Gasteiger partial charge in [-0.1, -0.05) is 17.2 Å². The molecule has 0 aliphatic heterocycles. The molecule has 0 amide bonds. The molecule has 0 radical (unpaired) electrons. The van der Waals surface area contributed by atoms with Crippen molar-refractivity contribution in [1.29, 1.82) is 0 Å². The lowest BCUT2D eigenvalue weighted by atomic mass is 10.1. The molecule has 3 rings (SSSR count). The van der Waals surface area contributed by atoms with Crippen molar-refractivity contribution in [1.82, 2.24) is 5.16 Å². The van der Waals surface area contributed by atoms with E-state index >= 15 is 0 Å². The Bertz CT molecular complexity index is 1120. The van der Waals surface area contributed by atoms with Gasteiger partial charge in [-0.25, -0.2) is 9.18 Å². The third-order valence-corrected chi connectivity index (χ3v) is 4.58. The Morgan fingerprint density at radius 1 is 1.18 bits per heavy atom. The molecular weight excluding hydrogens is 443 g/mol. The molecule has 0 aliphatic carbocycles. The minimum atomic E-state index is -1.07. The first-order valence-electron chi connectivity index (χ1n) is 10.9. The molecule has 1 heterocycles. The number of aromatic nitrogens is 1. The van der Waals surface area contributed by atoms with Crippen molar-refractivity contribution in [2.24, 2.45) is 5.16 Å². The molecule has 0 saturated carbocycles. The van der Waals surface area contributed by atoms with Gasteiger partial charge in [-0.2, -0.15) is 0 Å². The summed E-state index contributed by atoms with van der Waals surface area (Å²) in [5.74, 6) is -0.773. The molecule has 8 nitrogen and oxygen atoms in total. The largest absolute Gasteiger partial charge is 0.487 e. The second kappa shape index (κ2) is 11.9. The van der Waals surface area contributed by atoms with E-state index in [4.69, 9.17) is 18.8 Å². The number of halogens is 1. The van der Waals surface area contributed by atoms with Crippen LogP contribution in [-0.4, -0.2) is 41.3 Å². The normalized spacial score (nSPS) is 11.6. The highest BCUT2D eigenvalue weighted by Gasteiger charge is 2.16. The summed E-state index contributed by atoms with van der Waals surface area (Å²) in [5.41, 5.74) is 2.26. The SMILES string of the molecule is CCCON=C(COc1cc(COC(C)C)cc(C(=O)O)c1)c1cc(-c2ccc(F)cc2)no1. The fourth-order valence-corrected chi connectivity index (χ4v) is 2.89. The molecule has 0 bridgehead atoms. The van der Waals surface area contributed by atoms with Gasteiger partial charge in [-0.15, -0.1) is 0 Å². The average molecular weight is 470 g/mol. The van der Waals surface area contributed by atoms with E-state index in [1.54, 1.807) is 30.3 Å². The van der Waals surface area contributed by atoms with Crippen LogP contribution < -0.4 is 4.74 Å². The van der Waals surface area contributed by atoms with Crippen LogP contribution in [-0.2, 0) is 16.2 Å². The van der Waals surface area contributed by atoms with Crippen molar-refractivity contribution in [2.75, 3.05) is 13.2 Å². The van der Waals surface area contributed by atoms with Gasteiger partial charge < -0.3 is 23.9 Å². The van der Waals surface area contributed by atoms with E-state index in [9.17, 15) is 14.3 Å². The van der Waals surface area contributed by atoms with Gasteiger partial charge in [0.15, 0.2) is 11.5 Å². The quantitative estimate of drug-likeness (QED) is 0.217. The number of oxime groups is 1. The second-order valence-corrected chi connectivity index (χ2v) is 7.77. The summed E-state index contributed by atoms with van der Waals surface area (Å²) in [6.07, 6.45) is 0.753. The van der Waals surface area contributed by atoms with Crippen LogP contribution in [0.2, 0.25) is 0 Å². The summed E-state index contributed by atoms with van der Waals surface area (Å²) in [7, 11) is 0. The van der Waals surface area contributed by atoms with Crippen LogP contribution in [0, 0.1) is 5.82 Å². The van der Waals surface area contributed by atoms with E-state index in [1.165, 1.54) is 18.2 Å². The summed E-state index contributed by atoms with van der Waals surface area (Å²) in [4.78, 5) is 16.9. The van der Waals surface area contributed by atoms with Crippen LogP contribution in [0.15, 0.2) is 58.2 Å². The molecule has 0 atom stereocenters. The van der Waals surface area contributed by atoms with Crippen LogP contribution in [0.4, 0.5) is 4.39 Å².